The molecule has 2 heterocycles. The average Bonchev–Trinajstić information content (AvgIpc) is 3.00. The molecule has 0 bridgehead atoms. The summed E-state index contributed by atoms with van der Waals surface area (Å²) in [6.45, 7) is 3.96. The molecule has 0 radical (unpaired) electrons. The Kier molecular flexibility index (Phi) is 3.50. The number of nitrogens with zero attached hydrogens (tertiary/aromatic N) is 2. The van der Waals surface area contributed by atoms with E-state index in [2.05, 4.69) is 6.92 Å². The number of fused-ring (bicyclic) bond motifs is 1. The third kappa shape index (κ3) is 2.48. The Morgan fingerprint density at radius 2 is 1.87 bits per heavy atom. The highest BCUT2D eigenvalue weighted by atomic mass is 32.2. The van der Waals surface area contributed by atoms with E-state index >= 15 is 0 Å². The average molecular weight is 334 g/mol. The van der Waals surface area contributed by atoms with Gasteiger partial charge >= 0.3 is 0 Å². The number of rotatable bonds is 3. The summed E-state index contributed by atoms with van der Waals surface area (Å²) in [7, 11) is -3.43. The number of hydrogen-bond donors (Lipinski definition) is 0. The number of anilines is 1. The summed E-state index contributed by atoms with van der Waals surface area (Å²) in [6.07, 6.45) is 3.62. The zero-order valence-corrected chi connectivity index (χ0v) is 14.2. The van der Waals surface area contributed by atoms with Crippen LogP contribution < -0.4 is 4.90 Å². The van der Waals surface area contributed by atoms with Crippen molar-refractivity contribution in [3.05, 3.63) is 23.8 Å². The Bertz CT molecular complexity index is 753. The standard InChI is InChI=1S/C17H22N2O3S/c1-12-10-15(12)17(20)19-9-6-13-4-5-14(11-16(13)19)23(21,22)18-7-2-3-8-18/h4-5,11-12,15H,2-3,6-10H2,1H3/t12-,15+/m0/s1. The molecule has 1 aromatic carbocycles. The van der Waals surface area contributed by atoms with Crippen molar-refractivity contribution in [2.45, 2.75) is 37.5 Å². The van der Waals surface area contributed by atoms with Crippen molar-refractivity contribution in [1.29, 1.82) is 0 Å². The first-order chi connectivity index (χ1) is 11.0. The van der Waals surface area contributed by atoms with E-state index in [4.69, 9.17) is 0 Å². The van der Waals surface area contributed by atoms with Crippen LogP contribution in [-0.4, -0.2) is 38.3 Å². The molecule has 1 aromatic rings. The van der Waals surface area contributed by atoms with Crippen LogP contribution in [0.25, 0.3) is 0 Å². The van der Waals surface area contributed by atoms with Gasteiger partial charge in [0.05, 0.1) is 4.90 Å². The maximum Gasteiger partial charge on any atom is 0.243 e. The van der Waals surface area contributed by atoms with Crippen molar-refractivity contribution in [1.82, 2.24) is 4.31 Å². The Morgan fingerprint density at radius 1 is 1.17 bits per heavy atom. The van der Waals surface area contributed by atoms with E-state index in [1.54, 1.807) is 21.3 Å². The molecule has 2 atom stereocenters. The van der Waals surface area contributed by atoms with Crippen LogP contribution in [0.5, 0.6) is 0 Å². The molecule has 124 valence electrons. The first-order valence-electron chi connectivity index (χ1n) is 8.43. The van der Waals surface area contributed by atoms with Crippen molar-refractivity contribution < 1.29 is 13.2 Å². The van der Waals surface area contributed by atoms with E-state index in [0.717, 1.165) is 36.9 Å². The molecule has 5 nitrogen and oxygen atoms in total. The van der Waals surface area contributed by atoms with Gasteiger partial charge in [0.1, 0.15) is 0 Å². The zero-order valence-electron chi connectivity index (χ0n) is 13.4. The van der Waals surface area contributed by atoms with E-state index in [0.29, 0.717) is 30.4 Å². The van der Waals surface area contributed by atoms with Crippen molar-refractivity contribution in [2.75, 3.05) is 24.5 Å². The third-order valence-electron chi connectivity index (χ3n) is 5.35. The number of carbonyl (C=O) groups excluding carboxylic acids is 1. The number of hydrogen-bond acceptors (Lipinski definition) is 3. The summed E-state index contributed by atoms with van der Waals surface area (Å²) < 4.78 is 27.0. The first kappa shape index (κ1) is 15.1. The zero-order chi connectivity index (χ0) is 16.2. The number of sulfonamides is 1. The van der Waals surface area contributed by atoms with Gasteiger partial charge in [0.25, 0.3) is 0 Å². The maximum atomic E-state index is 12.7. The quantitative estimate of drug-likeness (QED) is 0.850. The van der Waals surface area contributed by atoms with Crippen molar-refractivity contribution in [2.24, 2.45) is 11.8 Å². The third-order valence-corrected chi connectivity index (χ3v) is 7.24. The molecular weight excluding hydrogens is 312 g/mol. The molecule has 1 aliphatic carbocycles. The molecule has 0 N–H and O–H groups in total. The van der Waals surface area contributed by atoms with Gasteiger partial charge < -0.3 is 4.90 Å². The van der Waals surface area contributed by atoms with Gasteiger partial charge in [-0.2, -0.15) is 4.31 Å². The fourth-order valence-electron chi connectivity index (χ4n) is 3.69. The normalized spacial score (nSPS) is 27.3. The monoisotopic (exact) mass is 334 g/mol. The molecule has 1 amide bonds. The lowest BCUT2D eigenvalue weighted by Crippen LogP contribution is -2.31. The van der Waals surface area contributed by atoms with Crippen LogP contribution in [0.3, 0.4) is 0 Å². The number of amides is 1. The highest BCUT2D eigenvalue weighted by molar-refractivity contribution is 7.89. The van der Waals surface area contributed by atoms with Crippen molar-refractivity contribution in [3.63, 3.8) is 0 Å². The van der Waals surface area contributed by atoms with Gasteiger partial charge in [0.2, 0.25) is 15.9 Å². The van der Waals surface area contributed by atoms with E-state index in [9.17, 15) is 13.2 Å². The van der Waals surface area contributed by atoms with Crippen LogP contribution in [-0.2, 0) is 21.2 Å². The van der Waals surface area contributed by atoms with E-state index < -0.39 is 10.0 Å². The lowest BCUT2D eigenvalue weighted by Gasteiger charge is -2.20. The topological polar surface area (TPSA) is 57.7 Å². The van der Waals surface area contributed by atoms with Crippen LogP contribution in [0.4, 0.5) is 5.69 Å². The molecule has 6 heteroatoms. The van der Waals surface area contributed by atoms with Crippen LogP contribution >= 0.6 is 0 Å². The molecule has 0 unspecified atom stereocenters. The Balaban J connectivity index is 1.66. The van der Waals surface area contributed by atoms with Crippen LogP contribution in [0.2, 0.25) is 0 Å². The van der Waals surface area contributed by atoms with E-state index in [1.165, 1.54) is 0 Å². The first-order valence-corrected chi connectivity index (χ1v) is 9.87. The summed E-state index contributed by atoms with van der Waals surface area (Å²) in [5, 5.41) is 0. The van der Waals surface area contributed by atoms with Gasteiger partial charge in [0.15, 0.2) is 0 Å². The fraction of sp³-hybridized carbons (Fsp3) is 0.588. The molecule has 2 fully saturated rings. The second-order valence-electron chi connectivity index (χ2n) is 6.96. The predicted molar refractivity (Wildman–Crippen MR) is 87.8 cm³/mol. The van der Waals surface area contributed by atoms with Crippen LogP contribution in [0.1, 0.15) is 31.7 Å². The smallest absolute Gasteiger partial charge is 0.243 e. The van der Waals surface area contributed by atoms with Crippen LogP contribution in [0, 0.1) is 11.8 Å². The van der Waals surface area contributed by atoms with Gasteiger partial charge in [-0.3, -0.25) is 4.79 Å². The van der Waals surface area contributed by atoms with Gasteiger partial charge in [0, 0.05) is 31.2 Å². The molecule has 2 aliphatic heterocycles. The summed E-state index contributed by atoms with van der Waals surface area (Å²) >= 11 is 0. The number of carbonyl (C=O) groups is 1. The molecule has 3 aliphatic rings. The Hall–Kier alpha value is -1.40. The summed E-state index contributed by atoms with van der Waals surface area (Å²) in [4.78, 5) is 14.7. The Morgan fingerprint density at radius 3 is 2.52 bits per heavy atom. The molecule has 1 saturated heterocycles. The summed E-state index contributed by atoms with van der Waals surface area (Å²) in [5.74, 6) is 0.745. The predicted octanol–water partition coefficient (Wildman–Crippen LogP) is 2.02. The Labute approximate surface area is 137 Å². The fourth-order valence-corrected chi connectivity index (χ4v) is 5.23. The van der Waals surface area contributed by atoms with E-state index in [-0.39, 0.29) is 11.8 Å². The van der Waals surface area contributed by atoms with Crippen molar-refractivity contribution in [3.8, 4) is 0 Å². The minimum atomic E-state index is -3.43. The SMILES string of the molecule is C[C@H]1C[C@H]1C(=O)N1CCc2ccc(S(=O)(=O)N3CCCC3)cc21. The van der Waals surface area contributed by atoms with Gasteiger partial charge in [-0.05, 0) is 49.3 Å². The van der Waals surface area contributed by atoms with E-state index in [1.807, 2.05) is 6.07 Å². The van der Waals surface area contributed by atoms with Gasteiger partial charge in [-0.25, -0.2) is 8.42 Å². The molecule has 0 spiro atoms. The summed E-state index contributed by atoms with van der Waals surface area (Å²) in [5.41, 5.74) is 1.88. The highest BCUT2D eigenvalue weighted by Crippen LogP contribution is 2.42. The van der Waals surface area contributed by atoms with Crippen LogP contribution in [0.15, 0.2) is 23.1 Å². The maximum absolute atomic E-state index is 12.7. The second kappa shape index (κ2) is 5.31. The van der Waals surface area contributed by atoms with Gasteiger partial charge in [-0.1, -0.05) is 13.0 Å². The minimum Gasteiger partial charge on any atom is -0.312 e. The largest absolute Gasteiger partial charge is 0.312 e. The second-order valence-corrected chi connectivity index (χ2v) is 8.90. The lowest BCUT2D eigenvalue weighted by molar-refractivity contribution is -0.119. The lowest BCUT2D eigenvalue weighted by atomic mass is 10.2. The molecule has 0 aromatic heterocycles. The van der Waals surface area contributed by atoms with Crippen molar-refractivity contribution >= 4 is 21.6 Å². The molecular formula is C17H22N2O3S. The summed E-state index contributed by atoms with van der Waals surface area (Å²) in [6, 6.07) is 5.28. The molecule has 1 saturated carbocycles. The molecule has 23 heavy (non-hydrogen) atoms. The highest BCUT2D eigenvalue weighted by Gasteiger charge is 2.43. The minimum absolute atomic E-state index is 0.125. The molecule has 4 rings (SSSR count). The van der Waals surface area contributed by atoms with Gasteiger partial charge in [-0.15, -0.1) is 0 Å². The number of benzene rings is 1.